The van der Waals surface area contributed by atoms with Crippen LogP contribution in [0.3, 0.4) is 0 Å². The Balaban J connectivity index is 1.60. The van der Waals surface area contributed by atoms with E-state index in [1.807, 2.05) is 6.92 Å². The Hall–Kier alpha value is -3.46. The van der Waals surface area contributed by atoms with Crippen molar-refractivity contribution in [3.63, 3.8) is 0 Å². The van der Waals surface area contributed by atoms with Crippen molar-refractivity contribution in [3.05, 3.63) is 64.6 Å². The van der Waals surface area contributed by atoms with E-state index in [4.69, 9.17) is 9.15 Å². The molecule has 1 aromatic carbocycles. The molecule has 9 heteroatoms. The molecule has 2 heterocycles. The third-order valence-electron chi connectivity index (χ3n) is 3.67. The Morgan fingerprint density at radius 3 is 2.68 bits per heavy atom. The molecule has 3 rings (SSSR count). The maximum Gasteiger partial charge on any atom is 0.338 e. The van der Waals surface area contributed by atoms with Crippen LogP contribution in [0.25, 0.3) is 0 Å². The molecular formula is C19H17N3O5S. The number of amides is 2. The van der Waals surface area contributed by atoms with Crippen molar-refractivity contribution in [2.24, 2.45) is 0 Å². The number of aryl methyl sites for hydroxylation is 2. The first-order valence-electron chi connectivity index (χ1n) is 8.27. The van der Waals surface area contributed by atoms with Gasteiger partial charge in [-0.25, -0.2) is 9.78 Å². The van der Waals surface area contributed by atoms with Gasteiger partial charge in [-0.15, -0.1) is 11.3 Å². The van der Waals surface area contributed by atoms with Crippen LogP contribution >= 0.6 is 11.3 Å². The summed E-state index contributed by atoms with van der Waals surface area (Å²) in [5.74, 6) is -1.45. The van der Waals surface area contributed by atoms with Gasteiger partial charge in [-0.3, -0.25) is 14.9 Å². The maximum absolute atomic E-state index is 12.2. The standard InChI is InChI=1S/C19H17N3O5S/c1-11-5-6-13(8-14(11)21-17(24)15-4-3-7-26-15)18(25)27-9-16(23)22-19-20-12(2)10-28-19/h3-8,10H,9H2,1-2H3,(H,21,24)(H,20,22,23). The Morgan fingerprint density at radius 1 is 1.18 bits per heavy atom. The minimum atomic E-state index is -0.682. The Labute approximate surface area is 164 Å². The van der Waals surface area contributed by atoms with Crippen molar-refractivity contribution in [2.75, 3.05) is 17.2 Å². The number of ether oxygens (including phenoxy) is 1. The number of anilines is 2. The fraction of sp³-hybridized carbons (Fsp3) is 0.158. The molecule has 0 aliphatic rings. The largest absolute Gasteiger partial charge is 0.459 e. The molecule has 2 amide bonds. The number of nitrogens with zero attached hydrogens (tertiary/aromatic N) is 1. The lowest BCUT2D eigenvalue weighted by Gasteiger charge is -2.10. The van der Waals surface area contributed by atoms with Gasteiger partial charge < -0.3 is 14.5 Å². The first-order valence-corrected chi connectivity index (χ1v) is 9.15. The van der Waals surface area contributed by atoms with Gasteiger partial charge in [0.2, 0.25) is 0 Å². The normalized spacial score (nSPS) is 10.4. The van der Waals surface area contributed by atoms with Crippen molar-refractivity contribution < 1.29 is 23.5 Å². The summed E-state index contributed by atoms with van der Waals surface area (Å²) in [7, 11) is 0. The van der Waals surface area contributed by atoms with Crippen LogP contribution in [0.2, 0.25) is 0 Å². The molecule has 2 N–H and O–H groups in total. The van der Waals surface area contributed by atoms with Gasteiger partial charge in [-0.2, -0.15) is 0 Å². The first kappa shape index (κ1) is 19.3. The quantitative estimate of drug-likeness (QED) is 0.615. The highest BCUT2D eigenvalue weighted by Crippen LogP contribution is 2.19. The van der Waals surface area contributed by atoms with Crippen LogP contribution < -0.4 is 10.6 Å². The highest BCUT2D eigenvalue weighted by molar-refractivity contribution is 7.13. The van der Waals surface area contributed by atoms with Crippen molar-refractivity contribution in [1.29, 1.82) is 0 Å². The molecule has 144 valence electrons. The molecule has 0 unspecified atom stereocenters. The van der Waals surface area contributed by atoms with Crippen LogP contribution in [0.5, 0.6) is 0 Å². The van der Waals surface area contributed by atoms with E-state index >= 15 is 0 Å². The molecule has 0 saturated heterocycles. The number of rotatable bonds is 6. The number of hydrogen-bond donors (Lipinski definition) is 2. The molecule has 0 aliphatic heterocycles. The summed E-state index contributed by atoms with van der Waals surface area (Å²) in [6.07, 6.45) is 1.40. The highest BCUT2D eigenvalue weighted by Gasteiger charge is 2.15. The number of hydrogen-bond acceptors (Lipinski definition) is 7. The predicted molar refractivity (Wildman–Crippen MR) is 104 cm³/mol. The maximum atomic E-state index is 12.2. The van der Waals surface area contributed by atoms with Crippen LogP contribution in [-0.4, -0.2) is 29.4 Å². The van der Waals surface area contributed by atoms with Gasteiger partial charge in [-0.05, 0) is 43.7 Å². The second-order valence-corrected chi connectivity index (χ2v) is 6.74. The zero-order valence-corrected chi connectivity index (χ0v) is 16.0. The van der Waals surface area contributed by atoms with Crippen molar-refractivity contribution in [1.82, 2.24) is 4.98 Å². The second kappa shape index (κ2) is 8.49. The molecule has 8 nitrogen and oxygen atoms in total. The summed E-state index contributed by atoms with van der Waals surface area (Å²) >= 11 is 1.29. The minimum Gasteiger partial charge on any atom is -0.459 e. The number of aromatic nitrogens is 1. The van der Waals surface area contributed by atoms with Crippen LogP contribution in [0.1, 0.15) is 32.2 Å². The molecule has 3 aromatic rings. The molecule has 0 saturated carbocycles. The van der Waals surface area contributed by atoms with E-state index in [1.165, 1.54) is 29.7 Å². The number of thiazole rings is 1. The summed E-state index contributed by atoms with van der Waals surface area (Å²) in [5.41, 5.74) is 2.20. The van der Waals surface area contributed by atoms with E-state index in [1.54, 1.807) is 30.5 Å². The predicted octanol–water partition coefficient (Wildman–Crippen LogP) is 3.40. The molecule has 0 aliphatic carbocycles. The molecule has 0 fully saturated rings. The van der Waals surface area contributed by atoms with Crippen molar-refractivity contribution >= 4 is 39.9 Å². The zero-order chi connectivity index (χ0) is 20.1. The van der Waals surface area contributed by atoms with Gasteiger partial charge in [0.1, 0.15) is 0 Å². The number of carbonyl (C=O) groups excluding carboxylic acids is 3. The average Bonchev–Trinajstić information content (AvgIpc) is 3.33. The van der Waals surface area contributed by atoms with E-state index in [9.17, 15) is 14.4 Å². The Kier molecular flexibility index (Phi) is 5.85. The van der Waals surface area contributed by atoms with Crippen LogP contribution in [0, 0.1) is 13.8 Å². The van der Waals surface area contributed by atoms with E-state index in [0.717, 1.165) is 11.3 Å². The van der Waals surface area contributed by atoms with Gasteiger partial charge in [-0.1, -0.05) is 6.07 Å². The fourth-order valence-electron chi connectivity index (χ4n) is 2.26. The van der Waals surface area contributed by atoms with Gasteiger partial charge in [0.25, 0.3) is 11.8 Å². The SMILES string of the molecule is Cc1csc(NC(=O)COC(=O)c2ccc(C)c(NC(=O)c3ccco3)c2)n1. The summed E-state index contributed by atoms with van der Waals surface area (Å²) in [5, 5.41) is 7.48. The summed E-state index contributed by atoms with van der Waals surface area (Å²) < 4.78 is 10.1. The molecule has 0 radical (unpaired) electrons. The van der Waals surface area contributed by atoms with E-state index in [2.05, 4.69) is 15.6 Å². The molecule has 28 heavy (non-hydrogen) atoms. The minimum absolute atomic E-state index is 0.154. The number of nitrogens with one attached hydrogen (secondary N) is 2. The summed E-state index contributed by atoms with van der Waals surface area (Å²) in [4.78, 5) is 40.3. The number of benzene rings is 1. The van der Waals surface area contributed by atoms with Gasteiger partial charge >= 0.3 is 5.97 Å². The zero-order valence-electron chi connectivity index (χ0n) is 15.1. The molecule has 2 aromatic heterocycles. The topological polar surface area (TPSA) is 111 Å². The molecule has 0 atom stereocenters. The fourth-order valence-corrected chi connectivity index (χ4v) is 2.96. The van der Waals surface area contributed by atoms with Crippen LogP contribution in [-0.2, 0) is 9.53 Å². The third kappa shape index (κ3) is 4.83. The smallest absolute Gasteiger partial charge is 0.338 e. The summed E-state index contributed by atoms with van der Waals surface area (Å²) in [6.45, 7) is 3.15. The van der Waals surface area contributed by atoms with E-state index in [0.29, 0.717) is 10.8 Å². The number of carbonyl (C=O) groups is 3. The molecule has 0 bridgehead atoms. The van der Waals surface area contributed by atoms with Gasteiger partial charge in [0, 0.05) is 11.1 Å². The average molecular weight is 399 g/mol. The van der Waals surface area contributed by atoms with E-state index < -0.39 is 24.4 Å². The first-order chi connectivity index (χ1) is 13.4. The molecule has 0 spiro atoms. The highest BCUT2D eigenvalue weighted by atomic mass is 32.1. The van der Waals surface area contributed by atoms with E-state index in [-0.39, 0.29) is 11.3 Å². The van der Waals surface area contributed by atoms with Crippen molar-refractivity contribution in [2.45, 2.75) is 13.8 Å². The summed E-state index contributed by atoms with van der Waals surface area (Å²) in [6, 6.07) is 7.86. The van der Waals surface area contributed by atoms with Crippen LogP contribution in [0.4, 0.5) is 10.8 Å². The lowest BCUT2D eigenvalue weighted by Crippen LogP contribution is -2.21. The molecular weight excluding hydrogens is 382 g/mol. The van der Waals surface area contributed by atoms with Gasteiger partial charge in [0.05, 0.1) is 17.5 Å². The number of esters is 1. The lowest BCUT2D eigenvalue weighted by molar-refractivity contribution is -0.119. The monoisotopic (exact) mass is 399 g/mol. The van der Waals surface area contributed by atoms with Crippen molar-refractivity contribution in [3.8, 4) is 0 Å². The third-order valence-corrected chi connectivity index (χ3v) is 4.54. The second-order valence-electron chi connectivity index (χ2n) is 5.88. The van der Waals surface area contributed by atoms with Gasteiger partial charge in [0.15, 0.2) is 17.5 Å². The Bertz CT molecular complexity index is 1010. The van der Waals surface area contributed by atoms with Crippen LogP contribution in [0.15, 0.2) is 46.4 Å². The number of furan rings is 1. The Morgan fingerprint density at radius 2 is 2.00 bits per heavy atom. The lowest BCUT2D eigenvalue weighted by atomic mass is 10.1.